The number of aryl methyl sites for hydroxylation is 2. The summed E-state index contributed by atoms with van der Waals surface area (Å²) in [5, 5.41) is 6.82. The number of benzene rings is 1. The predicted molar refractivity (Wildman–Crippen MR) is 124 cm³/mol. The van der Waals surface area contributed by atoms with E-state index in [9.17, 15) is 13.2 Å². The van der Waals surface area contributed by atoms with Gasteiger partial charge in [0, 0.05) is 38.5 Å². The van der Waals surface area contributed by atoms with Crippen LogP contribution in [0.4, 0.5) is 11.4 Å². The fourth-order valence-corrected chi connectivity index (χ4v) is 6.08. The quantitative estimate of drug-likeness (QED) is 0.637. The summed E-state index contributed by atoms with van der Waals surface area (Å²) in [4.78, 5) is 14.7. The first-order chi connectivity index (χ1) is 14.7. The van der Waals surface area contributed by atoms with Crippen LogP contribution in [0.1, 0.15) is 36.3 Å². The fraction of sp³-hybridized carbons (Fsp3) is 0.524. The van der Waals surface area contributed by atoms with E-state index >= 15 is 0 Å². The smallest absolute Gasteiger partial charge is 0.243 e. The number of carbonyl (C=O) groups is 1. The van der Waals surface area contributed by atoms with Gasteiger partial charge in [0.25, 0.3) is 0 Å². The monoisotopic (exact) mass is 466 g/mol. The molecule has 2 aromatic rings. The van der Waals surface area contributed by atoms with Crippen LogP contribution < -0.4 is 10.2 Å². The van der Waals surface area contributed by atoms with Crippen molar-refractivity contribution in [2.75, 3.05) is 43.2 Å². The van der Waals surface area contributed by atoms with Crippen molar-refractivity contribution in [3.63, 3.8) is 0 Å². The number of thioether (sulfide) groups is 1. The minimum atomic E-state index is -3.58. The van der Waals surface area contributed by atoms with Crippen molar-refractivity contribution in [1.29, 1.82) is 0 Å². The topological polar surface area (TPSA) is 95.8 Å². The van der Waals surface area contributed by atoms with Gasteiger partial charge in [-0.3, -0.25) is 4.79 Å². The number of aromatic nitrogens is 1. The largest absolute Gasteiger partial charge is 0.376 e. The molecule has 0 spiro atoms. The molecule has 0 atom stereocenters. The number of nitrogens with one attached hydrogen (secondary N) is 1. The lowest BCUT2D eigenvalue weighted by Crippen LogP contribution is -2.35. The average molecular weight is 467 g/mol. The highest BCUT2D eigenvalue weighted by molar-refractivity contribution is 7.99. The molecule has 1 saturated heterocycles. The summed E-state index contributed by atoms with van der Waals surface area (Å²) in [6.45, 7) is 4.81. The zero-order valence-corrected chi connectivity index (χ0v) is 20.1. The van der Waals surface area contributed by atoms with Gasteiger partial charge in [0.15, 0.2) is 0 Å². The molecule has 2 heterocycles. The summed E-state index contributed by atoms with van der Waals surface area (Å²) in [6.07, 6.45) is 2.81. The lowest BCUT2D eigenvalue weighted by Gasteiger charge is -2.26. The van der Waals surface area contributed by atoms with Gasteiger partial charge >= 0.3 is 0 Å². The highest BCUT2D eigenvalue weighted by Crippen LogP contribution is 2.30. The Hall–Kier alpha value is -2.04. The van der Waals surface area contributed by atoms with Crippen LogP contribution in [-0.2, 0) is 20.6 Å². The number of sulfonamides is 1. The van der Waals surface area contributed by atoms with Crippen molar-refractivity contribution >= 4 is 39.1 Å². The van der Waals surface area contributed by atoms with E-state index in [-0.39, 0.29) is 16.6 Å². The second-order valence-electron chi connectivity index (χ2n) is 7.88. The van der Waals surface area contributed by atoms with Gasteiger partial charge in [0.1, 0.15) is 5.76 Å². The second kappa shape index (κ2) is 10.1. The number of carbonyl (C=O) groups excluding carboxylic acids is 1. The minimum absolute atomic E-state index is 0.188. The van der Waals surface area contributed by atoms with E-state index in [1.54, 1.807) is 18.2 Å². The maximum absolute atomic E-state index is 13.1. The zero-order chi connectivity index (χ0) is 22.6. The maximum atomic E-state index is 13.1. The Labute approximate surface area is 188 Å². The van der Waals surface area contributed by atoms with Gasteiger partial charge in [0.05, 0.1) is 27.7 Å². The van der Waals surface area contributed by atoms with Gasteiger partial charge < -0.3 is 14.7 Å². The molecule has 31 heavy (non-hydrogen) atoms. The fourth-order valence-electron chi connectivity index (χ4n) is 3.56. The summed E-state index contributed by atoms with van der Waals surface area (Å²) in [6, 6.07) is 4.92. The standard InChI is InChI=1S/C21H30N4O4S2/c1-15-18(16(2)29-23-15)13-30-14-21(26)22-19-12-17(8-9-20(19)24(3)4)31(27,28)25-10-6-5-7-11-25/h8-9,12H,5-7,10-11,13-14H2,1-4H3,(H,22,26). The lowest BCUT2D eigenvalue weighted by molar-refractivity contribution is -0.113. The Morgan fingerprint density at radius 1 is 1.23 bits per heavy atom. The number of hydrogen-bond donors (Lipinski definition) is 1. The molecule has 1 fully saturated rings. The van der Waals surface area contributed by atoms with E-state index in [0.29, 0.717) is 24.5 Å². The van der Waals surface area contributed by atoms with Crippen LogP contribution in [-0.4, -0.2) is 56.7 Å². The molecule has 3 rings (SSSR count). The molecule has 10 heteroatoms. The van der Waals surface area contributed by atoms with Crippen LogP contribution in [0.2, 0.25) is 0 Å². The van der Waals surface area contributed by atoms with Crippen LogP contribution in [0.5, 0.6) is 0 Å². The third-order valence-electron chi connectivity index (χ3n) is 5.34. The normalized spacial score (nSPS) is 15.1. The molecule has 1 N–H and O–H groups in total. The molecule has 8 nitrogen and oxygen atoms in total. The summed E-state index contributed by atoms with van der Waals surface area (Å²) in [5.41, 5.74) is 3.07. The maximum Gasteiger partial charge on any atom is 0.243 e. The van der Waals surface area contributed by atoms with Gasteiger partial charge in [-0.05, 0) is 44.9 Å². The predicted octanol–water partition coefficient (Wildman–Crippen LogP) is 3.40. The van der Waals surface area contributed by atoms with Crippen molar-refractivity contribution in [1.82, 2.24) is 9.46 Å². The van der Waals surface area contributed by atoms with E-state index in [2.05, 4.69) is 10.5 Å². The van der Waals surface area contributed by atoms with Crippen LogP contribution in [0, 0.1) is 13.8 Å². The highest BCUT2D eigenvalue weighted by atomic mass is 32.2. The van der Waals surface area contributed by atoms with E-state index in [1.165, 1.54) is 16.1 Å². The van der Waals surface area contributed by atoms with Crippen molar-refractivity contribution in [3.05, 3.63) is 35.2 Å². The van der Waals surface area contributed by atoms with Gasteiger partial charge in [-0.1, -0.05) is 11.6 Å². The summed E-state index contributed by atoms with van der Waals surface area (Å²) >= 11 is 1.46. The number of hydrogen-bond acceptors (Lipinski definition) is 7. The second-order valence-corrected chi connectivity index (χ2v) is 10.8. The number of nitrogens with zero attached hydrogens (tertiary/aromatic N) is 3. The van der Waals surface area contributed by atoms with Crippen LogP contribution in [0.3, 0.4) is 0 Å². The van der Waals surface area contributed by atoms with Crippen molar-refractivity contribution in [3.8, 4) is 0 Å². The molecule has 1 aromatic heterocycles. The first-order valence-corrected chi connectivity index (χ1v) is 12.9. The van der Waals surface area contributed by atoms with Gasteiger partial charge in [-0.15, -0.1) is 11.8 Å². The summed E-state index contributed by atoms with van der Waals surface area (Å²) < 4.78 is 32.8. The van der Waals surface area contributed by atoms with Gasteiger partial charge in [0.2, 0.25) is 15.9 Å². The molecule has 0 bridgehead atoms. The SMILES string of the molecule is Cc1noc(C)c1CSCC(=O)Nc1cc(S(=O)(=O)N2CCCCC2)ccc1N(C)C. The Morgan fingerprint density at radius 2 is 1.94 bits per heavy atom. The van der Waals surface area contributed by atoms with E-state index in [4.69, 9.17) is 4.52 Å². The Bertz CT molecular complexity index is 1010. The summed E-state index contributed by atoms with van der Waals surface area (Å²) in [7, 11) is 0.136. The van der Waals surface area contributed by atoms with Crippen molar-refractivity contribution < 1.29 is 17.7 Å². The van der Waals surface area contributed by atoms with Crippen molar-refractivity contribution in [2.24, 2.45) is 0 Å². The molecular weight excluding hydrogens is 436 g/mol. The molecule has 1 amide bonds. The van der Waals surface area contributed by atoms with Crippen molar-refractivity contribution in [2.45, 2.75) is 43.8 Å². The molecule has 0 unspecified atom stereocenters. The minimum Gasteiger partial charge on any atom is -0.376 e. The number of rotatable bonds is 8. The van der Waals surface area contributed by atoms with Crippen LogP contribution >= 0.6 is 11.8 Å². The summed E-state index contributed by atoms with van der Waals surface area (Å²) in [5.74, 6) is 1.43. The highest BCUT2D eigenvalue weighted by Gasteiger charge is 2.27. The van der Waals surface area contributed by atoms with Crippen LogP contribution in [0.25, 0.3) is 0 Å². The first-order valence-electron chi connectivity index (χ1n) is 10.3. The third-order valence-corrected chi connectivity index (χ3v) is 8.19. The Balaban J connectivity index is 1.72. The number of amides is 1. The molecular formula is C21H30N4O4S2. The first kappa shape index (κ1) is 23.6. The Morgan fingerprint density at radius 3 is 2.55 bits per heavy atom. The molecule has 1 aliphatic heterocycles. The number of piperidine rings is 1. The lowest BCUT2D eigenvalue weighted by atomic mass is 10.2. The van der Waals surface area contributed by atoms with Gasteiger partial charge in [-0.2, -0.15) is 4.31 Å². The molecule has 0 radical (unpaired) electrons. The molecule has 170 valence electrons. The van der Waals surface area contributed by atoms with Gasteiger partial charge in [-0.25, -0.2) is 8.42 Å². The zero-order valence-electron chi connectivity index (χ0n) is 18.5. The van der Waals surface area contributed by atoms with Crippen LogP contribution in [0.15, 0.2) is 27.6 Å². The third kappa shape index (κ3) is 5.61. The number of anilines is 2. The Kier molecular flexibility index (Phi) is 7.66. The van der Waals surface area contributed by atoms with E-state index in [0.717, 1.165) is 42.0 Å². The molecule has 0 saturated carbocycles. The van der Waals surface area contributed by atoms with E-state index in [1.807, 2.05) is 32.8 Å². The molecule has 1 aromatic carbocycles. The molecule has 0 aliphatic carbocycles. The molecule has 1 aliphatic rings. The average Bonchev–Trinajstić information content (AvgIpc) is 3.06. The van der Waals surface area contributed by atoms with E-state index < -0.39 is 10.0 Å².